The molecule has 0 aromatic heterocycles. The molecule has 3 heteroatoms. The Hall–Kier alpha value is -1.35. The number of nitrogens with two attached hydrogens (primary N) is 1. The Labute approximate surface area is 109 Å². The van der Waals surface area contributed by atoms with Crippen LogP contribution in [0.2, 0.25) is 0 Å². The van der Waals surface area contributed by atoms with E-state index in [9.17, 15) is 4.79 Å². The summed E-state index contributed by atoms with van der Waals surface area (Å²) in [6.45, 7) is 10.2. The minimum atomic E-state index is -0.577. The van der Waals surface area contributed by atoms with Crippen LogP contribution in [0.15, 0.2) is 24.3 Å². The van der Waals surface area contributed by atoms with Gasteiger partial charge in [0, 0.05) is 0 Å². The molecule has 0 spiro atoms. The highest BCUT2D eigenvalue weighted by molar-refractivity contribution is 5.78. The van der Waals surface area contributed by atoms with Gasteiger partial charge < -0.3 is 10.5 Å². The van der Waals surface area contributed by atoms with Crippen molar-refractivity contribution in [1.82, 2.24) is 0 Å². The van der Waals surface area contributed by atoms with Gasteiger partial charge in [0.05, 0.1) is 0 Å². The lowest BCUT2D eigenvalue weighted by Gasteiger charge is -2.19. The van der Waals surface area contributed by atoms with E-state index in [0.29, 0.717) is 5.75 Å². The van der Waals surface area contributed by atoms with Crippen molar-refractivity contribution >= 4 is 5.97 Å². The predicted octanol–water partition coefficient (Wildman–Crippen LogP) is 2.87. The number of rotatable bonds is 3. The lowest BCUT2D eigenvalue weighted by molar-refractivity contribution is -0.136. The third-order valence-corrected chi connectivity index (χ3v) is 2.93. The molecule has 1 atom stereocenters. The maximum absolute atomic E-state index is 11.7. The third kappa shape index (κ3) is 3.84. The van der Waals surface area contributed by atoms with Crippen LogP contribution in [-0.4, -0.2) is 12.0 Å². The van der Waals surface area contributed by atoms with Crippen LogP contribution in [0.1, 0.15) is 40.2 Å². The number of benzene rings is 1. The molecule has 1 aromatic carbocycles. The van der Waals surface area contributed by atoms with E-state index in [2.05, 4.69) is 20.8 Å². The van der Waals surface area contributed by atoms with Gasteiger partial charge in [0.15, 0.2) is 0 Å². The van der Waals surface area contributed by atoms with Crippen molar-refractivity contribution in [2.45, 2.75) is 46.1 Å². The summed E-state index contributed by atoms with van der Waals surface area (Å²) in [5, 5.41) is 0. The first kappa shape index (κ1) is 14.7. The van der Waals surface area contributed by atoms with Crippen molar-refractivity contribution in [3.05, 3.63) is 29.8 Å². The van der Waals surface area contributed by atoms with Crippen molar-refractivity contribution < 1.29 is 9.53 Å². The lowest BCUT2D eigenvalue weighted by atomic mass is 9.87. The van der Waals surface area contributed by atoms with Crippen LogP contribution in [0, 0.1) is 5.92 Å². The van der Waals surface area contributed by atoms with Gasteiger partial charge in [-0.3, -0.25) is 0 Å². The van der Waals surface area contributed by atoms with E-state index in [-0.39, 0.29) is 17.3 Å². The van der Waals surface area contributed by atoms with Crippen LogP contribution in [-0.2, 0) is 10.2 Å². The average Bonchev–Trinajstić information content (AvgIpc) is 2.27. The van der Waals surface area contributed by atoms with Crippen LogP contribution in [0.3, 0.4) is 0 Å². The number of carbonyl (C=O) groups is 1. The van der Waals surface area contributed by atoms with E-state index >= 15 is 0 Å². The third-order valence-electron chi connectivity index (χ3n) is 2.93. The largest absolute Gasteiger partial charge is 0.425 e. The van der Waals surface area contributed by atoms with Gasteiger partial charge >= 0.3 is 5.97 Å². The van der Waals surface area contributed by atoms with Gasteiger partial charge in [0.2, 0.25) is 0 Å². The van der Waals surface area contributed by atoms with E-state index in [1.807, 2.05) is 38.1 Å². The van der Waals surface area contributed by atoms with E-state index in [0.717, 1.165) is 0 Å². The van der Waals surface area contributed by atoms with Gasteiger partial charge in [0.25, 0.3) is 0 Å². The molecule has 0 aliphatic heterocycles. The summed E-state index contributed by atoms with van der Waals surface area (Å²) < 4.78 is 5.24. The normalized spacial score (nSPS) is 13.5. The van der Waals surface area contributed by atoms with Crippen LogP contribution in [0.4, 0.5) is 0 Å². The molecule has 3 nitrogen and oxygen atoms in total. The van der Waals surface area contributed by atoms with Gasteiger partial charge in [0.1, 0.15) is 11.8 Å². The molecule has 0 amide bonds. The van der Waals surface area contributed by atoms with Gasteiger partial charge in [-0.15, -0.1) is 0 Å². The monoisotopic (exact) mass is 249 g/mol. The minimum absolute atomic E-state index is 0.0753. The van der Waals surface area contributed by atoms with E-state index in [1.165, 1.54) is 5.56 Å². The standard InChI is InChI=1S/C15H23NO2/c1-10(2)13(16)14(17)18-12-8-6-11(7-9-12)15(3,4)5/h6-10,13H,16H2,1-5H3/t13-/m0/s1. The molecule has 0 saturated heterocycles. The van der Waals surface area contributed by atoms with Crippen LogP contribution < -0.4 is 10.5 Å². The van der Waals surface area contributed by atoms with Gasteiger partial charge in [-0.05, 0) is 29.0 Å². The summed E-state index contributed by atoms with van der Waals surface area (Å²) in [5.74, 6) is 0.240. The summed E-state index contributed by atoms with van der Waals surface area (Å²) in [6, 6.07) is 7.00. The van der Waals surface area contributed by atoms with Crippen LogP contribution in [0.5, 0.6) is 5.75 Å². The number of hydrogen-bond donors (Lipinski definition) is 1. The highest BCUT2D eigenvalue weighted by Crippen LogP contribution is 2.24. The van der Waals surface area contributed by atoms with E-state index in [1.54, 1.807) is 0 Å². The minimum Gasteiger partial charge on any atom is -0.425 e. The highest BCUT2D eigenvalue weighted by Gasteiger charge is 2.20. The Morgan fingerprint density at radius 1 is 1.17 bits per heavy atom. The van der Waals surface area contributed by atoms with Crippen LogP contribution >= 0.6 is 0 Å². The Balaban J connectivity index is 2.73. The predicted molar refractivity (Wildman–Crippen MR) is 73.6 cm³/mol. The molecule has 0 aliphatic rings. The molecule has 100 valence electrons. The highest BCUT2D eigenvalue weighted by atomic mass is 16.5. The van der Waals surface area contributed by atoms with Crippen molar-refractivity contribution in [1.29, 1.82) is 0 Å². The summed E-state index contributed by atoms with van der Waals surface area (Å²) in [6.07, 6.45) is 0. The summed E-state index contributed by atoms with van der Waals surface area (Å²) >= 11 is 0. The molecule has 18 heavy (non-hydrogen) atoms. The summed E-state index contributed by atoms with van der Waals surface area (Å²) in [7, 11) is 0. The SMILES string of the molecule is CC(C)[C@H](N)C(=O)Oc1ccc(C(C)(C)C)cc1. The van der Waals surface area contributed by atoms with Crippen molar-refractivity contribution in [2.24, 2.45) is 11.7 Å². The molecule has 0 radical (unpaired) electrons. The fourth-order valence-corrected chi connectivity index (χ4v) is 1.48. The quantitative estimate of drug-likeness (QED) is 0.662. The second-order valence-electron chi connectivity index (χ2n) is 5.97. The molecule has 1 rings (SSSR count). The molecule has 0 heterocycles. The average molecular weight is 249 g/mol. The fourth-order valence-electron chi connectivity index (χ4n) is 1.48. The van der Waals surface area contributed by atoms with Crippen molar-refractivity contribution in [2.75, 3.05) is 0 Å². The molecule has 1 aromatic rings. The first-order valence-electron chi connectivity index (χ1n) is 6.29. The molecule has 0 saturated carbocycles. The second kappa shape index (κ2) is 5.53. The molecular formula is C15H23NO2. The van der Waals surface area contributed by atoms with Crippen molar-refractivity contribution in [3.63, 3.8) is 0 Å². The summed E-state index contributed by atoms with van der Waals surface area (Å²) in [5.41, 5.74) is 7.03. The van der Waals surface area contributed by atoms with Gasteiger partial charge in [-0.1, -0.05) is 46.8 Å². The molecular weight excluding hydrogens is 226 g/mol. The molecule has 0 aliphatic carbocycles. The van der Waals surface area contributed by atoms with E-state index in [4.69, 9.17) is 10.5 Å². The number of esters is 1. The Bertz CT molecular complexity index is 401. The zero-order valence-electron chi connectivity index (χ0n) is 11.9. The van der Waals surface area contributed by atoms with Crippen LogP contribution in [0.25, 0.3) is 0 Å². The maximum atomic E-state index is 11.7. The smallest absolute Gasteiger partial charge is 0.328 e. The Morgan fingerprint density at radius 2 is 1.67 bits per heavy atom. The van der Waals surface area contributed by atoms with E-state index < -0.39 is 6.04 Å². The number of carbonyl (C=O) groups excluding carboxylic acids is 1. The summed E-state index contributed by atoms with van der Waals surface area (Å²) in [4.78, 5) is 11.7. The molecule has 0 fully saturated rings. The van der Waals surface area contributed by atoms with Crippen molar-refractivity contribution in [3.8, 4) is 5.75 Å². The lowest BCUT2D eigenvalue weighted by Crippen LogP contribution is -2.38. The molecule has 0 unspecified atom stereocenters. The fraction of sp³-hybridized carbons (Fsp3) is 0.533. The number of ether oxygens (including phenoxy) is 1. The zero-order chi connectivity index (χ0) is 13.9. The first-order chi connectivity index (χ1) is 8.21. The van der Waals surface area contributed by atoms with Gasteiger partial charge in [-0.25, -0.2) is 4.79 Å². The van der Waals surface area contributed by atoms with Gasteiger partial charge in [-0.2, -0.15) is 0 Å². The Morgan fingerprint density at radius 3 is 2.06 bits per heavy atom. The zero-order valence-corrected chi connectivity index (χ0v) is 11.9. The number of hydrogen-bond acceptors (Lipinski definition) is 3. The molecule has 0 bridgehead atoms. The topological polar surface area (TPSA) is 52.3 Å². The maximum Gasteiger partial charge on any atom is 0.328 e. The first-order valence-corrected chi connectivity index (χ1v) is 6.29. The Kier molecular flexibility index (Phi) is 4.52. The molecule has 2 N–H and O–H groups in total. The second-order valence-corrected chi connectivity index (χ2v) is 5.97.